The third kappa shape index (κ3) is 2.97. The molecule has 2 heterocycles. The number of nitrogens with one attached hydrogen (secondary N) is 1. The van der Waals surface area contributed by atoms with Crippen molar-refractivity contribution in [1.29, 1.82) is 0 Å². The van der Waals surface area contributed by atoms with Gasteiger partial charge in [0.05, 0.1) is 13.7 Å². The molecule has 0 unspecified atom stereocenters. The number of aromatic nitrogens is 3. The highest BCUT2D eigenvalue weighted by atomic mass is 16.5. The fraction of sp³-hybridized carbons (Fsp3) is 0.692. The molecule has 7 heteroatoms. The third-order valence-corrected chi connectivity index (χ3v) is 3.59. The van der Waals surface area contributed by atoms with E-state index in [-0.39, 0.29) is 11.8 Å². The number of anilines is 1. The lowest BCUT2D eigenvalue weighted by atomic mass is 10.4. The predicted octanol–water partition coefficient (Wildman–Crippen LogP) is 0.507. The zero-order chi connectivity index (χ0) is 13.9. The summed E-state index contributed by atoms with van der Waals surface area (Å²) in [5.41, 5.74) is 0. The van der Waals surface area contributed by atoms with E-state index in [9.17, 15) is 4.79 Å². The minimum Gasteiger partial charge on any atom is -0.467 e. The molecular weight excluding hydrogens is 258 g/mol. The Morgan fingerprint density at radius 3 is 2.70 bits per heavy atom. The second kappa shape index (κ2) is 5.60. The Balaban J connectivity index is 1.71. The largest absolute Gasteiger partial charge is 0.467 e. The second-order valence-electron chi connectivity index (χ2n) is 5.22. The maximum absolute atomic E-state index is 11.7. The maximum atomic E-state index is 11.7. The molecule has 1 saturated carbocycles. The van der Waals surface area contributed by atoms with Crippen LogP contribution in [0.15, 0.2) is 0 Å². The normalized spacial score (nSPS) is 18.1. The van der Waals surface area contributed by atoms with Crippen molar-refractivity contribution >= 4 is 11.9 Å². The van der Waals surface area contributed by atoms with E-state index < -0.39 is 0 Å². The number of rotatable bonds is 5. The Bertz CT molecular complexity index is 498. The summed E-state index contributed by atoms with van der Waals surface area (Å²) in [5, 5.41) is 2.86. The Morgan fingerprint density at radius 1 is 1.30 bits per heavy atom. The summed E-state index contributed by atoms with van der Waals surface area (Å²) in [6.45, 7) is 2.25. The summed E-state index contributed by atoms with van der Waals surface area (Å²) >= 11 is 0. The number of hydrogen-bond acceptors (Lipinski definition) is 6. The molecule has 0 spiro atoms. The minimum absolute atomic E-state index is 0.0899. The highest BCUT2D eigenvalue weighted by Gasteiger charge is 2.29. The number of nitrogens with zero attached hydrogens (tertiary/aromatic N) is 4. The molecular formula is C13H19N5O2. The number of carbonyl (C=O) groups excluding carboxylic acids is 1. The molecule has 1 aromatic heterocycles. The minimum atomic E-state index is 0.0899. The summed E-state index contributed by atoms with van der Waals surface area (Å²) in [7, 11) is 1.54. The van der Waals surface area contributed by atoms with Crippen LogP contribution in [0.3, 0.4) is 0 Å². The van der Waals surface area contributed by atoms with Gasteiger partial charge in [-0.1, -0.05) is 0 Å². The Hall–Kier alpha value is -1.92. The van der Waals surface area contributed by atoms with Crippen molar-refractivity contribution in [2.24, 2.45) is 5.92 Å². The van der Waals surface area contributed by atoms with Crippen LogP contribution in [0.4, 0.5) is 5.95 Å². The number of methoxy groups -OCH3 is 1. The predicted molar refractivity (Wildman–Crippen MR) is 72.4 cm³/mol. The van der Waals surface area contributed by atoms with E-state index in [2.05, 4.69) is 25.2 Å². The first-order chi connectivity index (χ1) is 9.76. The molecule has 108 valence electrons. The van der Waals surface area contributed by atoms with E-state index in [1.807, 2.05) is 0 Å². The Morgan fingerprint density at radius 2 is 2.05 bits per heavy atom. The van der Waals surface area contributed by atoms with Gasteiger partial charge < -0.3 is 15.0 Å². The van der Waals surface area contributed by atoms with Crippen LogP contribution in [0.2, 0.25) is 0 Å². The van der Waals surface area contributed by atoms with Crippen LogP contribution in [-0.2, 0) is 11.3 Å². The van der Waals surface area contributed by atoms with Crippen LogP contribution in [0.25, 0.3) is 0 Å². The standard InChI is InChI=1S/C13H19N5O2/c1-20-13-16-10(8-14-11(19)9-4-5-9)15-12(17-13)18-6-2-3-7-18/h9H,2-8H2,1H3,(H,14,19). The van der Waals surface area contributed by atoms with Crippen molar-refractivity contribution in [1.82, 2.24) is 20.3 Å². The van der Waals surface area contributed by atoms with Crippen LogP contribution < -0.4 is 15.0 Å². The van der Waals surface area contributed by atoms with Gasteiger partial charge in [-0.3, -0.25) is 4.79 Å². The van der Waals surface area contributed by atoms with Crippen LogP contribution in [-0.4, -0.2) is 41.1 Å². The van der Waals surface area contributed by atoms with Crippen molar-refractivity contribution in [2.75, 3.05) is 25.1 Å². The smallest absolute Gasteiger partial charge is 0.321 e. The molecule has 0 aromatic carbocycles. The van der Waals surface area contributed by atoms with Crippen LogP contribution >= 0.6 is 0 Å². The Kier molecular flexibility index (Phi) is 3.66. The third-order valence-electron chi connectivity index (χ3n) is 3.59. The average Bonchev–Trinajstić information content (AvgIpc) is 3.19. The van der Waals surface area contributed by atoms with Gasteiger partial charge in [0.1, 0.15) is 0 Å². The number of amides is 1. The molecule has 2 aliphatic rings. The molecule has 1 N–H and O–H groups in total. The van der Waals surface area contributed by atoms with E-state index >= 15 is 0 Å². The monoisotopic (exact) mass is 277 g/mol. The first kappa shape index (κ1) is 13.1. The number of hydrogen-bond donors (Lipinski definition) is 1. The number of carbonyl (C=O) groups is 1. The van der Waals surface area contributed by atoms with Gasteiger partial charge in [-0.15, -0.1) is 0 Å². The first-order valence-corrected chi connectivity index (χ1v) is 7.08. The molecule has 0 radical (unpaired) electrons. The van der Waals surface area contributed by atoms with Crippen molar-refractivity contribution in [3.8, 4) is 6.01 Å². The summed E-state index contributed by atoms with van der Waals surface area (Å²) in [5.74, 6) is 1.47. The van der Waals surface area contributed by atoms with Gasteiger partial charge in [-0.25, -0.2) is 0 Å². The Labute approximate surface area is 117 Å². The summed E-state index contributed by atoms with van der Waals surface area (Å²) in [6.07, 6.45) is 4.29. The molecule has 3 rings (SSSR count). The van der Waals surface area contributed by atoms with Crippen LogP contribution in [0.1, 0.15) is 31.5 Å². The molecule has 1 aromatic rings. The van der Waals surface area contributed by atoms with Gasteiger partial charge in [0.2, 0.25) is 11.9 Å². The van der Waals surface area contributed by atoms with Gasteiger partial charge in [-0.2, -0.15) is 15.0 Å². The molecule has 0 atom stereocenters. The summed E-state index contributed by atoms with van der Waals surface area (Å²) < 4.78 is 5.12. The quantitative estimate of drug-likeness (QED) is 0.844. The molecule has 1 saturated heterocycles. The summed E-state index contributed by atoms with van der Waals surface area (Å²) in [6, 6.07) is 0.303. The highest BCUT2D eigenvalue weighted by Crippen LogP contribution is 2.28. The van der Waals surface area contributed by atoms with Crippen molar-refractivity contribution < 1.29 is 9.53 Å². The summed E-state index contributed by atoms with van der Waals surface area (Å²) in [4.78, 5) is 26.7. The zero-order valence-electron chi connectivity index (χ0n) is 11.6. The van der Waals surface area contributed by atoms with Gasteiger partial charge in [0.25, 0.3) is 0 Å². The molecule has 1 amide bonds. The van der Waals surface area contributed by atoms with Crippen LogP contribution in [0, 0.1) is 5.92 Å². The van der Waals surface area contributed by atoms with E-state index in [4.69, 9.17) is 4.74 Å². The molecule has 1 aliphatic heterocycles. The van der Waals surface area contributed by atoms with Crippen LogP contribution in [0.5, 0.6) is 6.01 Å². The number of ether oxygens (including phenoxy) is 1. The first-order valence-electron chi connectivity index (χ1n) is 7.08. The SMILES string of the molecule is COc1nc(CNC(=O)C2CC2)nc(N2CCCC2)n1. The molecule has 2 fully saturated rings. The molecule has 20 heavy (non-hydrogen) atoms. The zero-order valence-corrected chi connectivity index (χ0v) is 11.6. The maximum Gasteiger partial charge on any atom is 0.321 e. The van der Waals surface area contributed by atoms with Gasteiger partial charge >= 0.3 is 6.01 Å². The fourth-order valence-corrected chi connectivity index (χ4v) is 2.27. The van der Waals surface area contributed by atoms with E-state index in [1.165, 1.54) is 7.11 Å². The lowest BCUT2D eigenvalue weighted by molar-refractivity contribution is -0.122. The van der Waals surface area contributed by atoms with E-state index in [1.54, 1.807) is 0 Å². The van der Waals surface area contributed by atoms with Crippen molar-refractivity contribution in [3.63, 3.8) is 0 Å². The van der Waals surface area contributed by atoms with E-state index in [0.29, 0.717) is 24.3 Å². The van der Waals surface area contributed by atoms with Gasteiger partial charge in [-0.05, 0) is 25.7 Å². The molecule has 7 nitrogen and oxygen atoms in total. The lowest BCUT2D eigenvalue weighted by Gasteiger charge is -2.16. The second-order valence-corrected chi connectivity index (χ2v) is 5.22. The van der Waals surface area contributed by atoms with Crippen molar-refractivity contribution in [2.45, 2.75) is 32.2 Å². The fourth-order valence-electron chi connectivity index (χ4n) is 2.27. The lowest BCUT2D eigenvalue weighted by Crippen LogP contribution is -2.27. The van der Waals surface area contributed by atoms with E-state index in [0.717, 1.165) is 38.8 Å². The van der Waals surface area contributed by atoms with Gasteiger partial charge in [0.15, 0.2) is 5.82 Å². The molecule has 0 bridgehead atoms. The topological polar surface area (TPSA) is 80.2 Å². The average molecular weight is 277 g/mol. The van der Waals surface area contributed by atoms with Crippen molar-refractivity contribution in [3.05, 3.63) is 5.82 Å². The highest BCUT2D eigenvalue weighted by molar-refractivity contribution is 5.80. The molecule has 1 aliphatic carbocycles. The van der Waals surface area contributed by atoms with Gasteiger partial charge in [0, 0.05) is 19.0 Å².